The molecule has 0 aliphatic carbocycles. The van der Waals surface area contributed by atoms with Gasteiger partial charge >= 0.3 is 12.1 Å². The van der Waals surface area contributed by atoms with Gasteiger partial charge in [-0.3, -0.25) is 4.79 Å². The Balaban J connectivity index is 2.01. The second-order valence-corrected chi connectivity index (χ2v) is 5.21. The summed E-state index contributed by atoms with van der Waals surface area (Å²) in [6, 6.07) is 8.86. The lowest BCUT2D eigenvalue weighted by Gasteiger charge is -2.18. The van der Waals surface area contributed by atoms with Crippen molar-refractivity contribution in [3.8, 4) is 0 Å². The van der Waals surface area contributed by atoms with Crippen LogP contribution in [0.2, 0.25) is 0 Å². The topological polar surface area (TPSA) is 83.9 Å². The molecular formula is C13H13NO5S. The third kappa shape index (κ3) is 3.51. The van der Waals surface area contributed by atoms with Gasteiger partial charge in [-0.15, -0.1) is 0 Å². The summed E-state index contributed by atoms with van der Waals surface area (Å²) in [5, 5.41) is 8.70. The summed E-state index contributed by atoms with van der Waals surface area (Å²) in [6.45, 7) is 0.250. The third-order valence-electron chi connectivity index (χ3n) is 2.76. The number of ether oxygens (including phenoxy) is 1. The molecule has 1 fully saturated rings. The molecule has 1 aliphatic heterocycles. The molecule has 1 aromatic rings. The Kier molecular flexibility index (Phi) is 4.62. The smallest absolute Gasteiger partial charge is 0.418 e. The Morgan fingerprint density at radius 3 is 2.60 bits per heavy atom. The van der Waals surface area contributed by atoms with Gasteiger partial charge in [0.05, 0.1) is 0 Å². The summed E-state index contributed by atoms with van der Waals surface area (Å²) in [7, 11) is 0. The van der Waals surface area contributed by atoms with Crippen molar-refractivity contribution in [1.82, 2.24) is 4.90 Å². The van der Waals surface area contributed by atoms with Gasteiger partial charge in [0.15, 0.2) is 0 Å². The fraction of sp³-hybridized carbons (Fsp3) is 0.308. The van der Waals surface area contributed by atoms with Gasteiger partial charge in [0.1, 0.15) is 0 Å². The molecule has 2 amide bonds. The molecule has 1 aliphatic rings. The maximum Gasteiger partial charge on any atom is 0.418 e. The first-order valence-corrected chi connectivity index (χ1v) is 6.98. The first-order chi connectivity index (χ1) is 9.58. The van der Waals surface area contributed by atoms with Crippen LogP contribution in [0.5, 0.6) is 0 Å². The van der Waals surface area contributed by atoms with E-state index in [-0.39, 0.29) is 13.0 Å². The fourth-order valence-electron chi connectivity index (χ4n) is 1.75. The first kappa shape index (κ1) is 14.4. The van der Waals surface area contributed by atoms with E-state index in [9.17, 15) is 14.4 Å². The Morgan fingerprint density at radius 2 is 2.05 bits per heavy atom. The zero-order valence-corrected chi connectivity index (χ0v) is 11.3. The number of carbonyl (C=O) groups excluding carboxylic acids is 2. The summed E-state index contributed by atoms with van der Waals surface area (Å²) in [5.74, 6) is -0.730. The monoisotopic (exact) mass is 295 g/mol. The minimum absolute atomic E-state index is 0.0666. The number of imide groups is 1. The van der Waals surface area contributed by atoms with E-state index in [1.54, 1.807) is 24.3 Å². The van der Waals surface area contributed by atoms with Crippen LogP contribution in [0.3, 0.4) is 0 Å². The van der Waals surface area contributed by atoms with E-state index < -0.39 is 23.4 Å². The predicted molar refractivity (Wildman–Crippen MR) is 72.6 cm³/mol. The molecule has 1 unspecified atom stereocenters. The molecule has 1 N–H and O–H groups in total. The number of nitrogens with zero attached hydrogens (tertiary/aromatic N) is 1. The Morgan fingerprint density at radius 1 is 1.35 bits per heavy atom. The average Bonchev–Trinajstić information content (AvgIpc) is 2.85. The lowest BCUT2D eigenvalue weighted by molar-refractivity contribution is -0.147. The van der Waals surface area contributed by atoms with Crippen LogP contribution in [0, 0.1) is 0 Å². The van der Waals surface area contributed by atoms with Crippen LogP contribution in [-0.4, -0.2) is 45.7 Å². The van der Waals surface area contributed by atoms with E-state index >= 15 is 0 Å². The van der Waals surface area contributed by atoms with Crippen molar-refractivity contribution in [2.45, 2.75) is 12.5 Å². The van der Waals surface area contributed by atoms with Gasteiger partial charge in [0.25, 0.3) is 5.24 Å². The highest BCUT2D eigenvalue weighted by Crippen LogP contribution is 2.19. The highest BCUT2D eigenvalue weighted by Gasteiger charge is 2.32. The molecule has 6 nitrogen and oxygen atoms in total. The van der Waals surface area contributed by atoms with E-state index in [1.165, 1.54) is 0 Å². The first-order valence-electron chi connectivity index (χ1n) is 5.99. The van der Waals surface area contributed by atoms with Crippen molar-refractivity contribution >= 4 is 29.1 Å². The number of carboxylic acids is 1. The second kappa shape index (κ2) is 6.42. The highest BCUT2D eigenvalue weighted by atomic mass is 32.2. The van der Waals surface area contributed by atoms with Crippen molar-refractivity contribution < 1.29 is 24.2 Å². The van der Waals surface area contributed by atoms with Crippen molar-refractivity contribution in [3.63, 3.8) is 0 Å². The Bertz CT molecular complexity index is 519. The molecule has 1 heterocycles. The van der Waals surface area contributed by atoms with Crippen molar-refractivity contribution in [1.29, 1.82) is 0 Å². The summed E-state index contributed by atoms with van der Waals surface area (Å²) in [6.07, 6.45) is -2.14. The van der Waals surface area contributed by atoms with E-state index in [2.05, 4.69) is 0 Å². The maximum absolute atomic E-state index is 11.8. The summed E-state index contributed by atoms with van der Waals surface area (Å²) in [5.41, 5.74) is 0.745. The number of hydrogen-bond acceptors (Lipinski definition) is 5. The summed E-state index contributed by atoms with van der Waals surface area (Å²) >= 11 is 1.01. The number of amides is 2. The lowest BCUT2D eigenvalue weighted by atomic mass is 10.1. The third-order valence-corrected chi connectivity index (χ3v) is 3.62. The molecule has 0 aromatic heterocycles. The van der Waals surface area contributed by atoms with E-state index in [0.29, 0.717) is 5.75 Å². The van der Waals surface area contributed by atoms with Gasteiger partial charge in [-0.1, -0.05) is 42.1 Å². The number of carbonyl (C=O) groups is 3. The zero-order valence-electron chi connectivity index (χ0n) is 10.5. The Labute approximate surface area is 119 Å². The zero-order chi connectivity index (χ0) is 14.5. The van der Waals surface area contributed by atoms with Crippen molar-refractivity contribution in [3.05, 3.63) is 35.9 Å². The molecule has 0 bridgehead atoms. The molecule has 1 saturated heterocycles. The average molecular weight is 295 g/mol. The molecule has 0 spiro atoms. The van der Waals surface area contributed by atoms with Gasteiger partial charge in [0.2, 0.25) is 6.10 Å². The molecular weight excluding hydrogens is 282 g/mol. The quantitative estimate of drug-likeness (QED) is 0.914. The molecule has 1 aromatic carbocycles. The highest BCUT2D eigenvalue weighted by molar-refractivity contribution is 8.13. The van der Waals surface area contributed by atoms with Crippen molar-refractivity contribution in [2.75, 3.05) is 12.3 Å². The molecule has 0 radical (unpaired) electrons. The molecule has 20 heavy (non-hydrogen) atoms. The molecule has 0 saturated carbocycles. The van der Waals surface area contributed by atoms with E-state index in [0.717, 1.165) is 22.2 Å². The van der Waals surface area contributed by atoms with Gasteiger partial charge in [-0.25, -0.2) is 14.5 Å². The van der Waals surface area contributed by atoms with E-state index in [1.807, 2.05) is 6.07 Å². The standard InChI is InChI=1S/C13H13NO5S/c15-11(16)10(8-9-4-2-1-3-5-9)19-12(17)14-6-7-20-13(14)18/h1-5,10H,6-8H2,(H,15,16). The lowest BCUT2D eigenvalue weighted by Crippen LogP contribution is -2.38. The van der Waals surface area contributed by atoms with Crippen LogP contribution >= 0.6 is 11.8 Å². The SMILES string of the molecule is O=C(O)C(Cc1ccccc1)OC(=O)N1CCSC1=O. The summed E-state index contributed by atoms with van der Waals surface area (Å²) in [4.78, 5) is 35.2. The van der Waals surface area contributed by atoms with Gasteiger partial charge in [-0.2, -0.15) is 0 Å². The largest absolute Gasteiger partial charge is 0.478 e. The molecule has 2 rings (SSSR count). The Hall–Kier alpha value is -2.02. The normalized spacial score (nSPS) is 16.0. The second-order valence-electron chi connectivity index (χ2n) is 4.17. The fourth-order valence-corrected chi connectivity index (χ4v) is 2.52. The van der Waals surface area contributed by atoms with Crippen LogP contribution in [0.15, 0.2) is 30.3 Å². The van der Waals surface area contributed by atoms with Gasteiger partial charge in [-0.05, 0) is 5.56 Å². The van der Waals surface area contributed by atoms with Crippen LogP contribution in [0.4, 0.5) is 9.59 Å². The predicted octanol–water partition coefficient (Wildman–Crippen LogP) is 1.99. The van der Waals surface area contributed by atoms with Crippen LogP contribution < -0.4 is 0 Å². The molecule has 7 heteroatoms. The van der Waals surface area contributed by atoms with Crippen molar-refractivity contribution in [2.24, 2.45) is 0 Å². The minimum Gasteiger partial charge on any atom is -0.478 e. The molecule has 106 valence electrons. The van der Waals surface area contributed by atoms with E-state index in [4.69, 9.17) is 9.84 Å². The van der Waals surface area contributed by atoms with Crippen LogP contribution in [0.1, 0.15) is 5.56 Å². The van der Waals surface area contributed by atoms with Gasteiger partial charge in [0, 0.05) is 18.7 Å². The van der Waals surface area contributed by atoms with Crippen LogP contribution in [0.25, 0.3) is 0 Å². The van der Waals surface area contributed by atoms with Gasteiger partial charge < -0.3 is 9.84 Å². The van der Waals surface area contributed by atoms with Crippen LogP contribution in [-0.2, 0) is 16.0 Å². The number of hydrogen-bond donors (Lipinski definition) is 1. The number of thioether (sulfide) groups is 1. The number of aliphatic carboxylic acids is 1. The molecule has 1 atom stereocenters. The number of benzene rings is 1. The minimum atomic E-state index is -1.30. The summed E-state index contributed by atoms with van der Waals surface area (Å²) < 4.78 is 4.92. The maximum atomic E-state index is 11.8. The number of carboxylic acid groups (broad SMARTS) is 1. The number of rotatable bonds is 4.